The molecule has 2 aliphatic rings. The number of hydrogen-bond acceptors (Lipinski definition) is 3. The van der Waals surface area contributed by atoms with E-state index < -0.39 is 11.6 Å². The Kier molecular flexibility index (Phi) is 3.72. The van der Waals surface area contributed by atoms with Gasteiger partial charge in [0.15, 0.2) is 0 Å². The molecule has 1 fully saturated rings. The summed E-state index contributed by atoms with van der Waals surface area (Å²) in [6.45, 7) is 0.406. The normalized spacial score (nSPS) is 18.5. The molecule has 0 N–H and O–H groups in total. The van der Waals surface area contributed by atoms with E-state index in [0.717, 1.165) is 43.2 Å². The van der Waals surface area contributed by atoms with Crippen molar-refractivity contribution in [1.82, 2.24) is 4.57 Å². The number of carbonyl (C=O) groups is 1. The fourth-order valence-corrected chi connectivity index (χ4v) is 3.97. The van der Waals surface area contributed by atoms with E-state index in [0.29, 0.717) is 11.6 Å². The molecule has 0 bridgehead atoms. The number of carbonyl (C=O) groups excluding carboxylic acids is 1. The van der Waals surface area contributed by atoms with Gasteiger partial charge in [-0.05, 0) is 49.4 Å². The molecule has 0 amide bonds. The lowest BCUT2D eigenvalue weighted by Crippen LogP contribution is -2.30. The summed E-state index contributed by atoms with van der Waals surface area (Å²) in [5.41, 5.74) is 1.12. The Balaban J connectivity index is 1.73. The summed E-state index contributed by atoms with van der Waals surface area (Å²) >= 11 is 5.89. The van der Waals surface area contributed by atoms with Gasteiger partial charge in [0.05, 0.1) is 6.54 Å². The molecule has 1 aromatic carbocycles. The summed E-state index contributed by atoms with van der Waals surface area (Å²) in [4.78, 5) is 25.2. The predicted octanol–water partition coefficient (Wildman–Crippen LogP) is 3.88. The molecule has 1 saturated carbocycles. The van der Waals surface area contributed by atoms with Crippen LogP contribution in [0, 0.1) is 0 Å². The average Bonchev–Trinajstić information content (AvgIpc) is 2.85. The Hall–Kier alpha value is -2.07. The van der Waals surface area contributed by atoms with Gasteiger partial charge in [0.2, 0.25) is 0 Å². The number of pyridine rings is 1. The zero-order valence-corrected chi connectivity index (χ0v) is 14.0. The van der Waals surface area contributed by atoms with Crippen LogP contribution in [0.4, 0.5) is 0 Å². The lowest BCUT2D eigenvalue weighted by Gasteiger charge is -2.32. The van der Waals surface area contributed by atoms with Crippen molar-refractivity contribution in [2.24, 2.45) is 0 Å². The summed E-state index contributed by atoms with van der Waals surface area (Å²) in [6, 6.07) is 9.23. The molecule has 0 saturated heterocycles. The van der Waals surface area contributed by atoms with Crippen LogP contribution >= 0.6 is 11.6 Å². The summed E-state index contributed by atoms with van der Waals surface area (Å²) in [5, 5.41) is 0.655. The third-order valence-corrected chi connectivity index (χ3v) is 5.33. The predicted molar refractivity (Wildman–Crippen MR) is 91.4 cm³/mol. The first-order valence-electron chi connectivity index (χ1n) is 8.31. The van der Waals surface area contributed by atoms with E-state index in [1.807, 2.05) is 18.2 Å². The molecule has 0 radical (unpaired) electrons. The van der Waals surface area contributed by atoms with E-state index >= 15 is 0 Å². The molecule has 5 heteroatoms. The van der Waals surface area contributed by atoms with Crippen LogP contribution in [0.1, 0.15) is 53.6 Å². The molecular formula is C19H18ClNO3. The van der Waals surface area contributed by atoms with E-state index in [9.17, 15) is 9.59 Å². The summed E-state index contributed by atoms with van der Waals surface area (Å²) in [5.74, 6) is -0.470. The van der Waals surface area contributed by atoms with Crippen molar-refractivity contribution in [3.8, 4) is 0 Å². The Labute approximate surface area is 145 Å². The zero-order valence-electron chi connectivity index (χ0n) is 13.3. The number of fused-ring (bicyclic) bond motifs is 2. The fraction of sp³-hybridized carbons (Fsp3) is 0.368. The van der Waals surface area contributed by atoms with Gasteiger partial charge in [-0.25, -0.2) is 4.79 Å². The smallest absolute Gasteiger partial charge is 0.345 e. The van der Waals surface area contributed by atoms with E-state index in [1.165, 1.54) is 0 Å². The highest BCUT2D eigenvalue weighted by Crippen LogP contribution is 2.45. The Bertz CT molecular complexity index is 848. The lowest BCUT2D eigenvalue weighted by atomic mass is 9.80. The van der Waals surface area contributed by atoms with Crippen molar-refractivity contribution in [2.45, 2.75) is 44.2 Å². The molecule has 1 aliphatic heterocycles. The van der Waals surface area contributed by atoms with Crippen molar-refractivity contribution >= 4 is 17.6 Å². The zero-order chi connectivity index (χ0) is 16.7. The molecular weight excluding hydrogens is 326 g/mol. The number of halogens is 1. The number of esters is 1. The van der Waals surface area contributed by atoms with Gasteiger partial charge in [0, 0.05) is 16.8 Å². The molecule has 4 nitrogen and oxygen atoms in total. The van der Waals surface area contributed by atoms with E-state index in [1.54, 1.807) is 22.9 Å². The number of nitrogens with zero attached hydrogens (tertiary/aromatic N) is 1. The maximum atomic E-state index is 12.8. The minimum Gasteiger partial charge on any atom is -0.450 e. The highest BCUT2D eigenvalue weighted by Gasteiger charge is 2.47. The molecule has 1 aromatic heterocycles. The quantitative estimate of drug-likeness (QED) is 0.777. The van der Waals surface area contributed by atoms with Gasteiger partial charge in [0.25, 0.3) is 5.56 Å². The first kappa shape index (κ1) is 15.5. The van der Waals surface area contributed by atoms with Gasteiger partial charge in [-0.3, -0.25) is 4.79 Å². The maximum absolute atomic E-state index is 12.8. The number of benzene rings is 1. The summed E-state index contributed by atoms with van der Waals surface area (Å²) < 4.78 is 7.25. The van der Waals surface area contributed by atoms with Crippen LogP contribution in [-0.4, -0.2) is 10.5 Å². The minimum atomic E-state index is -0.566. The molecule has 124 valence electrons. The number of ether oxygens (including phenoxy) is 1. The lowest BCUT2D eigenvalue weighted by molar-refractivity contribution is -0.0280. The summed E-state index contributed by atoms with van der Waals surface area (Å²) in [7, 11) is 0. The number of rotatable bonds is 2. The molecule has 24 heavy (non-hydrogen) atoms. The largest absolute Gasteiger partial charge is 0.450 e. The molecule has 2 aromatic rings. The van der Waals surface area contributed by atoms with Gasteiger partial charge < -0.3 is 9.30 Å². The highest BCUT2D eigenvalue weighted by molar-refractivity contribution is 6.30. The van der Waals surface area contributed by atoms with Crippen LogP contribution in [0.3, 0.4) is 0 Å². The van der Waals surface area contributed by atoms with Gasteiger partial charge in [-0.15, -0.1) is 0 Å². The monoisotopic (exact) mass is 343 g/mol. The number of hydrogen-bond donors (Lipinski definition) is 0. The van der Waals surface area contributed by atoms with Gasteiger partial charge in [-0.2, -0.15) is 0 Å². The first-order chi connectivity index (χ1) is 11.6. The average molecular weight is 344 g/mol. The van der Waals surface area contributed by atoms with Crippen LogP contribution in [0.25, 0.3) is 0 Å². The van der Waals surface area contributed by atoms with E-state index in [4.69, 9.17) is 16.3 Å². The Morgan fingerprint density at radius 2 is 1.75 bits per heavy atom. The summed E-state index contributed by atoms with van der Waals surface area (Å²) in [6.07, 6.45) is 6.61. The Morgan fingerprint density at radius 3 is 2.46 bits per heavy atom. The number of aromatic nitrogens is 1. The molecule has 4 rings (SSSR count). The third-order valence-electron chi connectivity index (χ3n) is 5.08. The van der Waals surface area contributed by atoms with Crippen molar-refractivity contribution in [2.75, 3.05) is 0 Å². The SMILES string of the molecule is O=C1OC2(CCCCC2)c2ccn(Cc3ccc(Cl)cc3)c(=O)c21. The second-order valence-corrected chi connectivity index (χ2v) is 7.04. The van der Waals surface area contributed by atoms with Crippen molar-refractivity contribution in [3.05, 3.63) is 68.6 Å². The molecule has 2 heterocycles. The second kappa shape index (κ2) is 5.78. The van der Waals surface area contributed by atoms with Crippen LogP contribution in [-0.2, 0) is 16.9 Å². The molecule has 1 aliphatic carbocycles. The topological polar surface area (TPSA) is 48.3 Å². The van der Waals surface area contributed by atoms with E-state index in [2.05, 4.69) is 0 Å². The van der Waals surface area contributed by atoms with Gasteiger partial charge in [0.1, 0.15) is 11.2 Å². The molecule has 0 atom stereocenters. The van der Waals surface area contributed by atoms with Crippen molar-refractivity contribution in [1.29, 1.82) is 0 Å². The van der Waals surface area contributed by atoms with Gasteiger partial charge in [-0.1, -0.05) is 30.2 Å². The van der Waals surface area contributed by atoms with E-state index in [-0.39, 0.29) is 11.1 Å². The maximum Gasteiger partial charge on any atom is 0.345 e. The standard InChI is InChI=1S/C19H18ClNO3/c20-14-6-4-13(5-7-14)12-21-11-8-15-16(17(21)22)18(23)24-19(15)9-2-1-3-10-19/h4-8,11H,1-3,9-10,12H2. The van der Waals surface area contributed by atoms with Crippen LogP contribution < -0.4 is 5.56 Å². The highest BCUT2D eigenvalue weighted by atomic mass is 35.5. The van der Waals surface area contributed by atoms with Crippen molar-refractivity contribution < 1.29 is 9.53 Å². The van der Waals surface area contributed by atoms with Crippen molar-refractivity contribution in [3.63, 3.8) is 0 Å². The minimum absolute atomic E-state index is 0.216. The Morgan fingerprint density at radius 1 is 1.04 bits per heavy atom. The van der Waals surface area contributed by atoms with Crippen LogP contribution in [0.5, 0.6) is 0 Å². The molecule has 1 spiro atoms. The van der Waals surface area contributed by atoms with Gasteiger partial charge >= 0.3 is 5.97 Å². The first-order valence-corrected chi connectivity index (χ1v) is 8.69. The van der Waals surface area contributed by atoms with Crippen LogP contribution in [0.15, 0.2) is 41.3 Å². The van der Waals surface area contributed by atoms with Crippen LogP contribution in [0.2, 0.25) is 5.02 Å². The third kappa shape index (κ3) is 2.46. The fourth-order valence-electron chi connectivity index (χ4n) is 3.84. The molecule has 0 unspecified atom stereocenters. The second-order valence-electron chi connectivity index (χ2n) is 6.61.